The van der Waals surface area contributed by atoms with Gasteiger partial charge >= 0.3 is 0 Å². The molecule has 124 valence electrons. The Kier molecular flexibility index (Phi) is 12.8. The summed E-state index contributed by atoms with van der Waals surface area (Å²) in [5.74, 6) is 1.01. The van der Waals surface area contributed by atoms with Gasteiger partial charge in [-0.15, -0.1) is 24.0 Å². The first-order valence-corrected chi connectivity index (χ1v) is 8.00. The molecule has 0 aliphatic heterocycles. The lowest BCUT2D eigenvalue weighted by Gasteiger charge is -2.11. The summed E-state index contributed by atoms with van der Waals surface area (Å²) < 4.78 is 0. The molecule has 0 spiro atoms. The van der Waals surface area contributed by atoms with Gasteiger partial charge in [-0.2, -0.15) is 0 Å². The summed E-state index contributed by atoms with van der Waals surface area (Å²) in [5.41, 5.74) is 0. The smallest absolute Gasteiger partial charge is 0.220 e. The topological polar surface area (TPSA) is 65.5 Å². The fraction of sp³-hybridized carbons (Fsp3) is 0.867. The first-order valence-electron chi connectivity index (χ1n) is 8.00. The number of carbonyl (C=O) groups excluding carboxylic acids is 1. The highest BCUT2D eigenvalue weighted by Gasteiger charge is 2.22. The second-order valence-electron chi connectivity index (χ2n) is 5.43. The van der Waals surface area contributed by atoms with Gasteiger partial charge in [0.2, 0.25) is 5.91 Å². The van der Waals surface area contributed by atoms with Crippen molar-refractivity contribution in [2.45, 2.75) is 64.3 Å². The predicted octanol–water partition coefficient (Wildman–Crippen LogP) is 2.41. The van der Waals surface area contributed by atoms with Crippen LogP contribution >= 0.6 is 24.0 Å². The van der Waals surface area contributed by atoms with Crippen LogP contribution in [0.4, 0.5) is 0 Å². The van der Waals surface area contributed by atoms with Crippen LogP contribution in [0.15, 0.2) is 4.99 Å². The molecule has 0 saturated heterocycles. The first-order chi connectivity index (χ1) is 9.76. The van der Waals surface area contributed by atoms with Crippen LogP contribution in [0.2, 0.25) is 0 Å². The van der Waals surface area contributed by atoms with Gasteiger partial charge in [0.15, 0.2) is 5.96 Å². The van der Waals surface area contributed by atoms with E-state index in [2.05, 4.69) is 27.9 Å². The van der Waals surface area contributed by atoms with Gasteiger partial charge < -0.3 is 16.0 Å². The maximum atomic E-state index is 11.5. The molecule has 0 heterocycles. The number of unbranched alkanes of at least 4 members (excludes halogenated alkanes) is 3. The van der Waals surface area contributed by atoms with Gasteiger partial charge in [0.1, 0.15) is 0 Å². The maximum Gasteiger partial charge on any atom is 0.220 e. The number of nitrogens with zero attached hydrogens (tertiary/aromatic N) is 1. The number of carbonyl (C=O) groups is 1. The zero-order valence-corrected chi connectivity index (χ0v) is 15.7. The molecule has 0 bridgehead atoms. The number of guanidine groups is 1. The third-order valence-corrected chi connectivity index (χ3v) is 3.36. The van der Waals surface area contributed by atoms with E-state index in [0.29, 0.717) is 12.5 Å². The minimum atomic E-state index is 0. The van der Waals surface area contributed by atoms with Gasteiger partial charge in [-0.3, -0.25) is 9.79 Å². The highest BCUT2D eigenvalue weighted by Crippen LogP contribution is 2.18. The summed E-state index contributed by atoms with van der Waals surface area (Å²) in [5, 5.41) is 9.54. The van der Waals surface area contributed by atoms with Crippen molar-refractivity contribution in [3.63, 3.8) is 0 Å². The fourth-order valence-electron chi connectivity index (χ4n) is 1.96. The summed E-state index contributed by atoms with van der Waals surface area (Å²) >= 11 is 0. The second-order valence-corrected chi connectivity index (χ2v) is 5.43. The van der Waals surface area contributed by atoms with Crippen molar-refractivity contribution >= 4 is 35.8 Å². The average molecular weight is 410 g/mol. The number of rotatable bonds is 10. The van der Waals surface area contributed by atoms with Crippen LogP contribution in [0.3, 0.4) is 0 Å². The summed E-state index contributed by atoms with van der Waals surface area (Å²) in [4.78, 5) is 15.7. The maximum absolute atomic E-state index is 11.5. The van der Waals surface area contributed by atoms with E-state index in [-0.39, 0.29) is 29.9 Å². The molecule has 21 heavy (non-hydrogen) atoms. The molecule has 0 aromatic rings. The molecule has 1 rings (SSSR count). The number of nitrogens with one attached hydrogen (secondary N) is 3. The highest BCUT2D eigenvalue weighted by atomic mass is 127. The molecular weight excluding hydrogens is 379 g/mol. The van der Waals surface area contributed by atoms with Crippen LogP contribution in [-0.4, -0.2) is 38.0 Å². The minimum absolute atomic E-state index is 0. The highest BCUT2D eigenvalue weighted by molar-refractivity contribution is 14.0. The van der Waals surface area contributed by atoms with Gasteiger partial charge in [0, 0.05) is 32.6 Å². The van der Waals surface area contributed by atoms with Crippen molar-refractivity contribution < 1.29 is 4.79 Å². The molecule has 1 saturated carbocycles. The number of aliphatic imine (C=N–C) groups is 1. The van der Waals surface area contributed by atoms with E-state index in [1.54, 1.807) is 7.05 Å². The largest absolute Gasteiger partial charge is 0.356 e. The summed E-state index contributed by atoms with van der Waals surface area (Å²) in [6, 6.07) is 0.466. The summed E-state index contributed by atoms with van der Waals surface area (Å²) in [6.07, 6.45) is 8.74. The van der Waals surface area contributed by atoms with Crippen molar-refractivity contribution in [1.29, 1.82) is 0 Å². The van der Waals surface area contributed by atoms with E-state index >= 15 is 0 Å². The molecule has 1 fully saturated rings. The van der Waals surface area contributed by atoms with Crippen molar-refractivity contribution in [2.75, 3.05) is 20.1 Å². The van der Waals surface area contributed by atoms with Crippen LogP contribution in [0, 0.1) is 0 Å². The van der Waals surface area contributed by atoms with Crippen LogP contribution in [0.1, 0.15) is 58.3 Å². The Morgan fingerprint density at radius 3 is 2.33 bits per heavy atom. The van der Waals surface area contributed by atoms with E-state index < -0.39 is 0 Å². The summed E-state index contributed by atoms with van der Waals surface area (Å²) in [6.45, 7) is 3.96. The van der Waals surface area contributed by atoms with E-state index in [1.807, 2.05) is 0 Å². The molecule has 1 aliphatic rings. The van der Waals surface area contributed by atoms with Crippen molar-refractivity contribution in [1.82, 2.24) is 16.0 Å². The van der Waals surface area contributed by atoms with E-state index in [1.165, 1.54) is 25.7 Å². The van der Waals surface area contributed by atoms with Gasteiger partial charge in [-0.1, -0.05) is 26.2 Å². The number of halogens is 1. The van der Waals surface area contributed by atoms with E-state index in [0.717, 1.165) is 38.3 Å². The van der Waals surface area contributed by atoms with Gasteiger partial charge in [-0.25, -0.2) is 0 Å². The monoisotopic (exact) mass is 410 g/mol. The molecule has 0 unspecified atom stereocenters. The van der Waals surface area contributed by atoms with Crippen LogP contribution in [-0.2, 0) is 4.79 Å². The minimum Gasteiger partial charge on any atom is -0.356 e. The zero-order valence-electron chi connectivity index (χ0n) is 13.4. The Balaban J connectivity index is 0.00000400. The molecule has 3 N–H and O–H groups in total. The SMILES string of the molecule is CCCCCCNC(=NC)NCCCC(=O)NC1CC1.I. The Bertz CT molecular complexity index is 306. The molecule has 0 aromatic carbocycles. The van der Waals surface area contributed by atoms with Crippen LogP contribution in [0.5, 0.6) is 0 Å². The Morgan fingerprint density at radius 2 is 1.76 bits per heavy atom. The summed E-state index contributed by atoms with van der Waals surface area (Å²) in [7, 11) is 1.78. The standard InChI is InChI=1S/C15H30N4O.HI/c1-3-4-5-6-11-17-15(16-2)18-12-7-8-14(20)19-13-9-10-13;/h13H,3-12H2,1-2H3,(H,19,20)(H2,16,17,18);1H. The normalized spacial score (nSPS) is 14.3. The van der Waals surface area contributed by atoms with Gasteiger partial charge in [-0.05, 0) is 25.7 Å². The van der Waals surface area contributed by atoms with Gasteiger partial charge in [0.25, 0.3) is 0 Å². The predicted molar refractivity (Wildman–Crippen MR) is 99.3 cm³/mol. The van der Waals surface area contributed by atoms with E-state index in [4.69, 9.17) is 0 Å². The average Bonchev–Trinajstić information content (AvgIpc) is 3.24. The van der Waals surface area contributed by atoms with Crippen molar-refractivity contribution in [3.8, 4) is 0 Å². The molecule has 0 atom stereocenters. The Morgan fingerprint density at radius 1 is 1.10 bits per heavy atom. The van der Waals surface area contributed by atoms with E-state index in [9.17, 15) is 4.79 Å². The lowest BCUT2D eigenvalue weighted by molar-refractivity contribution is -0.121. The number of amides is 1. The van der Waals surface area contributed by atoms with Crippen LogP contribution in [0.25, 0.3) is 0 Å². The third kappa shape index (κ3) is 11.8. The molecule has 6 heteroatoms. The van der Waals surface area contributed by atoms with Crippen molar-refractivity contribution in [2.24, 2.45) is 4.99 Å². The molecular formula is C15H31IN4O. The quantitative estimate of drug-likeness (QED) is 0.224. The lowest BCUT2D eigenvalue weighted by atomic mass is 10.2. The first kappa shape index (κ1) is 20.5. The third-order valence-electron chi connectivity index (χ3n) is 3.36. The van der Waals surface area contributed by atoms with Crippen LogP contribution < -0.4 is 16.0 Å². The Hall–Kier alpha value is -0.530. The molecule has 0 radical (unpaired) electrons. The second kappa shape index (κ2) is 13.2. The molecule has 1 amide bonds. The zero-order chi connectivity index (χ0) is 14.6. The molecule has 1 aliphatic carbocycles. The van der Waals surface area contributed by atoms with Gasteiger partial charge in [0.05, 0.1) is 0 Å². The fourth-order valence-corrected chi connectivity index (χ4v) is 1.96. The molecule has 0 aromatic heterocycles. The number of hydrogen-bond acceptors (Lipinski definition) is 2. The Labute approximate surface area is 146 Å². The number of hydrogen-bond donors (Lipinski definition) is 3. The molecule has 5 nitrogen and oxygen atoms in total. The van der Waals surface area contributed by atoms with Crippen molar-refractivity contribution in [3.05, 3.63) is 0 Å². The lowest BCUT2D eigenvalue weighted by Crippen LogP contribution is -2.38.